The molecule has 2 aromatic rings. The molecule has 0 aliphatic heterocycles. The van der Waals surface area contributed by atoms with Crippen molar-refractivity contribution in [3.63, 3.8) is 0 Å². The monoisotopic (exact) mass is 182 g/mol. The van der Waals surface area contributed by atoms with Gasteiger partial charge in [0.15, 0.2) is 0 Å². The van der Waals surface area contributed by atoms with Crippen molar-refractivity contribution in [3.8, 4) is 12.0 Å². The first kappa shape index (κ1) is 8.58. The molecule has 2 heteroatoms. The van der Waals surface area contributed by atoms with Crippen molar-refractivity contribution in [1.82, 2.24) is 9.55 Å². The third-order valence-corrected chi connectivity index (χ3v) is 1.92. The SMILES string of the molecule is Cc1nccn1C#Cc1ccccc1. The summed E-state index contributed by atoms with van der Waals surface area (Å²) in [7, 11) is 0. The molecule has 0 aliphatic carbocycles. The van der Waals surface area contributed by atoms with Crippen molar-refractivity contribution in [2.75, 3.05) is 0 Å². The molecule has 0 aliphatic rings. The molecule has 0 atom stereocenters. The van der Waals surface area contributed by atoms with Gasteiger partial charge in [-0.2, -0.15) is 0 Å². The van der Waals surface area contributed by atoms with Crippen molar-refractivity contribution in [1.29, 1.82) is 0 Å². The molecule has 2 nitrogen and oxygen atoms in total. The van der Waals surface area contributed by atoms with Gasteiger partial charge in [0, 0.05) is 24.0 Å². The number of imidazole rings is 1. The van der Waals surface area contributed by atoms with Crippen LogP contribution < -0.4 is 0 Å². The zero-order valence-electron chi connectivity index (χ0n) is 7.94. The molecule has 68 valence electrons. The van der Waals surface area contributed by atoms with Gasteiger partial charge in [0.2, 0.25) is 0 Å². The van der Waals surface area contributed by atoms with E-state index >= 15 is 0 Å². The molecule has 0 N–H and O–H groups in total. The number of nitrogens with zero attached hydrogens (tertiary/aromatic N) is 2. The highest BCUT2D eigenvalue weighted by molar-refractivity contribution is 5.34. The van der Waals surface area contributed by atoms with Crippen LogP contribution in [0.4, 0.5) is 0 Å². The van der Waals surface area contributed by atoms with E-state index in [4.69, 9.17) is 0 Å². The topological polar surface area (TPSA) is 17.8 Å². The number of hydrogen-bond acceptors (Lipinski definition) is 1. The van der Waals surface area contributed by atoms with Gasteiger partial charge in [0.1, 0.15) is 5.82 Å². The first-order valence-electron chi connectivity index (χ1n) is 4.43. The zero-order chi connectivity index (χ0) is 9.80. The third kappa shape index (κ3) is 1.83. The molecule has 0 radical (unpaired) electrons. The normalized spacial score (nSPS) is 9.21. The molecule has 1 aromatic heterocycles. The van der Waals surface area contributed by atoms with Crippen LogP contribution in [-0.2, 0) is 0 Å². The lowest BCUT2D eigenvalue weighted by Gasteiger charge is -1.90. The molecule has 0 bridgehead atoms. The Morgan fingerprint density at radius 2 is 2.00 bits per heavy atom. The van der Waals surface area contributed by atoms with Gasteiger partial charge in [-0.15, -0.1) is 0 Å². The summed E-state index contributed by atoms with van der Waals surface area (Å²) in [4.78, 5) is 4.09. The summed E-state index contributed by atoms with van der Waals surface area (Å²) in [5.74, 6) is 3.97. The first-order chi connectivity index (χ1) is 6.86. The predicted octanol–water partition coefficient (Wildman–Crippen LogP) is 2.05. The van der Waals surface area contributed by atoms with Crippen LogP contribution in [0.25, 0.3) is 0 Å². The molecule has 0 spiro atoms. The second kappa shape index (κ2) is 3.80. The third-order valence-electron chi connectivity index (χ3n) is 1.92. The molecule has 0 amide bonds. The molecule has 1 heterocycles. The Morgan fingerprint density at radius 3 is 2.64 bits per heavy atom. The molecule has 1 aromatic carbocycles. The number of benzene rings is 1. The first-order valence-corrected chi connectivity index (χ1v) is 4.43. The number of rotatable bonds is 0. The summed E-state index contributed by atoms with van der Waals surface area (Å²) in [6.45, 7) is 1.93. The summed E-state index contributed by atoms with van der Waals surface area (Å²) in [5.41, 5.74) is 1.01. The van der Waals surface area contributed by atoms with Crippen molar-refractivity contribution in [2.24, 2.45) is 0 Å². The number of aryl methyl sites for hydroxylation is 1. The molecular weight excluding hydrogens is 172 g/mol. The van der Waals surface area contributed by atoms with E-state index in [1.165, 1.54) is 0 Å². The van der Waals surface area contributed by atoms with Gasteiger partial charge in [-0.1, -0.05) is 18.2 Å². The summed E-state index contributed by atoms with van der Waals surface area (Å²) < 4.78 is 1.81. The zero-order valence-corrected chi connectivity index (χ0v) is 7.94. The summed E-state index contributed by atoms with van der Waals surface area (Å²) in [5, 5.41) is 0. The highest BCUT2D eigenvalue weighted by Crippen LogP contribution is 1.96. The van der Waals surface area contributed by atoms with Crippen LogP contribution >= 0.6 is 0 Å². The fraction of sp³-hybridized carbons (Fsp3) is 0.0833. The maximum atomic E-state index is 4.09. The van der Waals surface area contributed by atoms with Crippen molar-refractivity contribution in [3.05, 3.63) is 54.1 Å². The van der Waals surface area contributed by atoms with Crippen LogP contribution in [-0.4, -0.2) is 9.55 Å². The summed E-state index contributed by atoms with van der Waals surface area (Å²) >= 11 is 0. The molecule has 0 unspecified atom stereocenters. The Kier molecular flexibility index (Phi) is 2.33. The van der Waals surface area contributed by atoms with Crippen LogP contribution in [0.5, 0.6) is 0 Å². The minimum Gasteiger partial charge on any atom is -0.262 e. The van der Waals surface area contributed by atoms with E-state index in [1.54, 1.807) is 6.20 Å². The smallest absolute Gasteiger partial charge is 0.117 e. The van der Waals surface area contributed by atoms with Crippen LogP contribution in [0.3, 0.4) is 0 Å². The fourth-order valence-electron chi connectivity index (χ4n) is 1.14. The van der Waals surface area contributed by atoms with E-state index in [0.717, 1.165) is 11.4 Å². The highest BCUT2D eigenvalue weighted by atomic mass is 15.0. The Bertz CT molecular complexity index is 472. The van der Waals surface area contributed by atoms with Gasteiger partial charge < -0.3 is 0 Å². The summed E-state index contributed by atoms with van der Waals surface area (Å²) in [6, 6.07) is 12.9. The van der Waals surface area contributed by atoms with Crippen LogP contribution in [0, 0.1) is 18.9 Å². The average molecular weight is 182 g/mol. The van der Waals surface area contributed by atoms with Crippen LogP contribution in [0.1, 0.15) is 11.4 Å². The minimum atomic E-state index is 0.911. The average Bonchev–Trinajstić information content (AvgIpc) is 2.63. The van der Waals surface area contributed by atoms with E-state index < -0.39 is 0 Å². The second-order valence-corrected chi connectivity index (χ2v) is 2.95. The quantitative estimate of drug-likeness (QED) is 0.570. The Balaban J connectivity index is 2.28. The van der Waals surface area contributed by atoms with Gasteiger partial charge in [-0.25, -0.2) is 4.98 Å². The van der Waals surface area contributed by atoms with Crippen molar-refractivity contribution >= 4 is 0 Å². The standard InChI is InChI=1S/C12H10N2/c1-11-13-8-10-14(11)9-7-12-5-3-2-4-6-12/h2-6,8,10H,1H3. The second-order valence-electron chi connectivity index (χ2n) is 2.95. The molecule has 14 heavy (non-hydrogen) atoms. The lowest BCUT2D eigenvalue weighted by Crippen LogP contribution is -1.89. The predicted molar refractivity (Wildman–Crippen MR) is 55.7 cm³/mol. The van der Waals surface area contributed by atoms with Crippen LogP contribution in [0.15, 0.2) is 42.7 Å². The number of aromatic nitrogens is 2. The largest absolute Gasteiger partial charge is 0.262 e. The molecule has 0 saturated heterocycles. The van der Waals surface area contributed by atoms with Crippen LogP contribution in [0.2, 0.25) is 0 Å². The minimum absolute atomic E-state index is 0.911. The lowest BCUT2D eigenvalue weighted by atomic mass is 10.2. The lowest BCUT2D eigenvalue weighted by molar-refractivity contribution is 1.01. The Morgan fingerprint density at radius 1 is 1.21 bits per heavy atom. The van der Waals surface area contributed by atoms with E-state index in [0.29, 0.717) is 0 Å². The number of hydrogen-bond donors (Lipinski definition) is 0. The van der Waals surface area contributed by atoms with Crippen molar-refractivity contribution in [2.45, 2.75) is 6.92 Å². The van der Waals surface area contributed by atoms with Gasteiger partial charge in [0.25, 0.3) is 0 Å². The Labute approximate surface area is 83.2 Å². The maximum absolute atomic E-state index is 4.09. The van der Waals surface area contributed by atoms with E-state index in [9.17, 15) is 0 Å². The molecular formula is C12H10N2. The highest BCUT2D eigenvalue weighted by Gasteiger charge is 1.89. The van der Waals surface area contributed by atoms with E-state index in [-0.39, 0.29) is 0 Å². The Hall–Kier alpha value is -2.01. The van der Waals surface area contributed by atoms with Gasteiger partial charge >= 0.3 is 0 Å². The summed E-state index contributed by atoms with van der Waals surface area (Å²) in [6.07, 6.45) is 3.60. The molecule has 0 saturated carbocycles. The van der Waals surface area contributed by atoms with Gasteiger partial charge in [-0.3, -0.25) is 4.57 Å². The molecule has 0 fully saturated rings. The maximum Gasteiger partial charge on any atom is 0.117 e. The van der Waals surface area contributed by atoms with E-state index in [1.807, 2.05) is 48.0 Å². The molecule has 2 rings (SSSR count). The fourth-order valence-corrected chi connectivity index (χ4v) is 1.14. The van der Waals surface area contributed by atoms with Gasteiger partial charge in [0.05, 0.1) is 0 Å². The van der Waals surface area contributed by atoms with E-state index in [2.05, 4.69) is 16.9 Å². The van der Waals surface area contributed by atoms with Crippen molar-refractivity contribution < 1.29 is 0 Å². The van der Waals surface area contributed by atoms with Gasteiger partial charge in [-0.05, 0) is 25.0 Å².